The van der Waals surface area contributed by atoms with Crippen molar-refractivity contribution in [1.82, 2.24) is 5.32 Å². The van der Waals surface area contributed by atoms with Crippen molar-refractivity contribution in [3.8, 4) is 5.75 Å². The van der Waals surface area contributed by atoms with Gasteiger partial charge in [0.1, 0.15) is 5.75 Å². The van der Waals surface area contributed by atoms with Gasteiger partial charge in [0, 0.05) is 22.6 Å². The summed E-state index contributed by atoms with van der Waals surface area (Å²) in [6, 6.07) is 14.4. The van der Waals surface area contributed by atoms with E-state index in [1.54, 1.807) is 6.07 Å². The highest BCUT2D eigenvalue weighted by molar-refractivity contribution is 9.10. The summed E-state index contributed by atoms with van der Waals surface area (Å²) >= 11 is 3.47. The Balaban J connectivity index is 2.06. The number of nitrogens with one attached hydrogen (secondary N) is 1. The Morgan fingerprint density at radius 1 is 1.05 bits per heavy atom. The number of aryl methyl sites for hydroxylation is 1. The van der Waals surface area contributed by atoms with Crippen LogP contribution in [0.5, 0.6) is 5.75 Å². The first-order valence-corrected chi connectivity index (χ1v) is 8.23. The molecule has 0 saturated heterocycles. The Morgan fingerprint density at radius 3 is 2.33 bits per heavy atom. The van der Waals surface area contributed by atoms with Crippen molar-refractivity contribution in [2.75, 3.05) is 0 Å². The Kier molecular flexibility index (Phi) is 5.83. The monoisotopic (exact) mass is 347 g/mol. The summed E-state index contributed by atoms with van der Waals surface area (Å²) < 4.78 is 0.989. The molecule has 2 rings (SSSR count). The lowest BCUT2D eigenvalue weighted by Gasteiger charge is -2.19. The van der Waals surface area contributed by atoms with E-state index in [9.17, 15) is 5.11 Å². The number of hydrogen-bond donors (Lipinski definition) is 2. The van der Waals surface area contributed by atoms with E-state index in [-0.39, 0.29) is 6.04 Å². The Morgan fingerprint density at radius 2 is 1.71 bits per heavy atom. The summed E-state index contributed by atoms with van der Waals surface area (Å²) in [5, 5.41) is 13.6. The van der Waals surface area contributed by atoms with E-state index in [2.05, 4.69) is 59.4 Å². The highest BCUT2D eigenvalue weighted by atomic mass is 79.9. The van der Waals surface area contributed by atoms with E-state index < -0.39 is 0 Å². The topological polar surface area (TPSA) is 32.3 Å². The summed E-state index contributed by atoms with van der Waals surface area (Å²) in [7, 11) is 0. The van der Waals surface area contributed by atoms with Gasteiger partial charge in [-0.15, -0.1) is 0 Å². The average Bonchev–Trinajstić information content (AvgIpc) is 2.51. The predicted molar refractivity (Wildman–Crippen MR) is 91.5 cm³/mol. The lowest BCUT2D eigenvalue weighted by Crippen LogP contribution is -2.20. The minimum Gasteiger partial charge on any atom is -0.508 e. The van der Waals surface area contributed by atoms with Crippen molar-refractivity contribution in [3.05, 3.63) is 63.6 Å². The normalized spacial score (nSPS) is 12.3. The molecular weight excluding hydrogens is 326 g/mol. The molecule has 2 N–H and O–H groups in total. The number of benzene rings is 2. The van der Waals surface area contributed by atoms with Gasteiger partial charge in [0.05, 0.1) is 0 Å². The molecule has 2 aromatic carbocycles. The van der Waals surface area contributed by atoms with Crippen molar-refractivity contribution in [1.29, 1.82) is 0 Å². The average molecular weight is 348 g/mol. The van der Waals surface area contributed by atoms with Crippen LogP contribution in [0.15, 0.2) is 46.9 Å². The van der Waals surface area contributed by atoms with Gasteiger partial charge in [-0.2, -0.15) is 0 Å². The largest absolute Gasteiger partial charge is 0.508 e. The molecule has 21 heavy (non-hydrogen) atoms. The van der Waals surface area contributed by atoms with Crippen molar-refractivity contribution in [2.24, 2.45) is 0 Å². The maximum atomic E-state index is 10.0. The van der Waals surface area contributed by atoms with Crippen LogP contribution in [0.3, 0.4) is 0 Å². The van der Waals surface area contributed by atoms with Gasteiger partial charge in [-0.3, -0.25) is 0 Å². The first-order chi connectivity index (χ1) is 10.1. The standard InChI is InChI=1S/C18H22BrNO/c1-3-13-5-7-14(8-6-13)12-20-17(4-2)16-11-15(19)9-10-18(16)21/h5-11,17,20-21H,3-4,12H2,1-2H3. The number of halogens is 1. The lowest BCUT2D eigenvalue weighted by molar-refractivity contribution is 0.440. The summed E-state index contributed by atoms with van der Waals surface area (Å²) in [5.74, 6) is 0.346. The summed E-state index contributed by atoms with van der Waals surface area (Å²) in [4.78, 5) is 0. The number of hydrogen-bond acceptors (Lipinski definition) is 2. The molecule has 2 nitrogen and oxygen atoms in total. The minimum atomic E-state index is 0.147. The maximum absolute atomic E-state index is 10.0. The third-order valence-corrected chi connectivity index (χ3v) is 4.25. The molecule has 1 atom stereocenters. The maximum Gasteiger partial charge on any atom is 0.120 e. The van der Waals surface area contributed by atoms with E-state index >= 15 is 0 Å². The lowest BCUT2D eigenvalue weighted by atomic mass is 10.0. The van der Waals surface area contributed by atoms with Gasteiger partial charge in [0.2, 0.25) is 0 Å². The predicted octanol–water partition coefficient (Wildman–Crippen LogP) is 4.96. The van der Waals surface area contributed by atoms with Crippen LogP contribution in [-0.4, -0.2) is 5.11 Å². The molecule has 0 amide bonds. The number of rotatable bonds is 6. The van der Waals surface area contributed by atoms with Gasteiger partial charge < -0.3 is 10.4 Å². The van der Waals surface area contributed by atoms with E-state index in [1.807, 2.05) is 12.1 Å². The fraction of sp³-hybridized carbons (Fsp3) is 0.333. The molecular formula is C18H22BrNO. The van der Waals surface area contributed by atoms with Crippen LogP contribution >= 0.6 is 15.9 Å². The molecule has 0 saturated carbocycles. The van der Waals surface area contributed by atoms with Gasteiger partial charge >= 0.3 is 0 Å². The SMILES string of the molecule is CCc1ccc(CNC(CC)c2cc(Br)ccc2O)cc1. The Bertz CT molecular complexity index is 580. The second-order valence-corrected chi connectivity index (χ2v) is 6.13. The zero-order chi connectivity index (χ0) is 15.2. The van der Waals surface area contributed by atoms with Crippen molar-refractivity contribution in [2.45, 2.75) is 39.3 Å². The summed E-state index contributed by atoms with van der Waals surface area (Å²) in [5.41, 5.74) is 3.56. The molecule has 3 heteroatoms. The second-order valence-electron chi connectivity index (χ2n) is 5.21. The van der Waals surface area contributed by atoms with Crippen LogP contribution in [0.4, 0.5) is 0 Å². The zero-order valence-electron chi connectivity index (χ0n) is 12.6. The van der Waals surface area contributed by atoms with Gasteiger partial charge in [0.15, 0.2) is 0 Å². The molecule has 0 radical (unpaired) electrons. The minimum absolute atomic E-state index is 0.147. The number of phenols is 1. The van der Waals surface area contributed by atoms with E-state index in [0.717, 1.165) is 29.4 Å². The molecule has 0 aromatic heterocycles. The van der Waals surface area contributed by atoms with Gasteiger partial charge in [0.25, 0.3) is 0 Å². The van der Waals surface area contributed by atoms with E-state index in [0.29, 0.717) is 5.75 Å². The third kappa shape index (κ3) is 4.32. The van der Waals surface area contributed by atoms with E-state index in [1.165, 1.54) is 11.1 Å². The summed E-state index contributed by atoms with van der Waals surface area (Å²) in [6.45, 7) is 5.09. The quantitative estimate of drug-likeness (QED) is 0.773. The molecule has 2 aromatic rings. The fourth-order valence-electron chi connectivity index (χ4n) is 2.41. The van der Waals surface area contributed by atoms with Crippen LogP contribution < -0.4 is 5.32 Å². The number of aromatic hydroxyl groups is 1. The molecule has 0 fully saturated rings. The van der Waals surface area contributed by atoms with Crippen LogP contribution in [0.2, 0.25) is 0 Å². The summed E-state index contributed by atoms with van der Waals surface area (Å²) in [6.07, 6.45) is 1.99. The van der Waals surface area contributed by atoms with Gasteiger partial charge in [-0.25, -0.2) is 0 Å². The second kappa shape index (κ2) is 7.62. The molecule has 0 heterocycles. The van der Waals surface area contributed by atoms with Crippen molar-refractivity contribution in [3.63, 3.8) is 0 Å². The molecule has 112 valence electrons. The highest BCUT2D eigenvalue weighted by Gasteiger charge is 2.13. The van der Waals surface area contributed by atoms with Crippen LogP contribution in [0.25, 0.3) is 0 Å². The first kappa shape index (κ1) is 16.1. The smallest absolute Gasteiger partial charge is 0.120 e. The molecule has 0 spiro atoms. The molecule has 0 aliphatic carbocycles. The first-order valence-electron chi connectivity index (χ1n) is 7.43. The van der Waals surface area contributed by atoms with Crippen molar-refractivity contribution < 1.29 is 5.11 Å². The fourth-order valence-corrected chi connectivity index (χ4v) is 2.79. The molecule has 0 aliphatic rings. The molecule has 0 aliphatic heterocycles. The zero-order valence-corrected chi connectivity index (χ0v) is 14.2. The third-order valence-electron chi connectivity index (χ3n) is 3.76. The van der Waals surface area contributed by atoms with Crippen molar-refractivity contribution >= 4 is 15.9 Å². The molecule has 0 bridgehead atoms. The Labute approximate surface area is 135 Å². The number of phenolic OH excluding ortho intramolecular Hbond substituents is 1. The van der Waals surface area contributed by atoms with Crippen LogP contribution in [0, 0.1) is 0 Å². The van der Waals surface area contributed by atoms with Crippen LogP contribution in [0.1, 0.15) is 43.0 Å². The van der Waals surface area contributed by atoms with Gasteiger partial charge in [-0.1, -0.05) is 54.0 Å². The van der Waals surface area contributed by atoms with Gasteiger partial charge in [-0.05, 0) is 42.2 Å². The van der Waals surface area contributed by atoms with E-state index in [4.69, 9.17) is 0 Å². The highest BCUT2D eigenvalue weighted by Crippen LogP contribution is 2.29. The molecule has 1 unspecified atom stereocenters. The van der Waals surface area contributed by atoms with Crippen LogP contribution in [-0.2, 0) is 13.0 Å². The Hall–Kier alpha value is -1.32.